The number of nitrogens with one attached hydrogen (secondary N) is 2. The van der Waals surface area contributed by atoms with Gasteiger partial charge in [0.25, 0.3) is 5.91 Å². The van der Waals surface area contributed by atoms with Gasteiger partial charge in [-0.25, -0.2) is 9.59 Å². The third kappa shape index (κ3) is 15.0. The molecule has 1 aromatic carbocycles. The van der Waals surface area contributed by atoms with Crippen LogP contribution in [0.5, 0.6) is 0 Å². The van der Waals surface area contributed by atoms with Gasteiger partial charge in [0.15, 0.2) is 6.10 Å². The summed E-state index contributed by atoms with van der Waals surface area (Å²) < 4.78 is 11.8. The number of aliphatic hydroxyl groups excluding tert-OH is 1. The Balaban J connectivity index is 2.63. The van der Waals surface area contributed by atoms with E-state index in [0.29, 0.717) is 25.7 Å². The average Bonchev–Trinajstić information content (AvgIpc) is 3.25. The zero-order chi connectivity index (χ0) is 46.3. The van der Waals surface area contributed by atoms with Gasteiger partial charge in [-0.1, -0.05) is 97.7 Å². The number of rotatable bonds is 8. The third-order valence-electron chi connectivity index (χ3n) is 12.4. The van der Waals surface area contributed by atoms with E-state index in [0.717, 1.165) is 5.56 Å². The molecule has 0 bridgehead atoms. The fourth-order valence-corrected chi connectivity index (χ4v) is 6.96. The number of aliphatic hydroxyl groups is 1. The molecule has 342 valence electrons. The van der Waals surface area contributed by atoms with Crippen LogP contribution in [0, 0.1) is 23.7 Å². The Morgan fingerprint density at radius 2 is 1.36 bits per heavy atom. The van der Waals surface area contributed by atoms with Crippen LogP contribution >= 0.6 is 0 Å². The molecule has 0 aromatic heterocycles. The monoisotopic (exact) mass is 856 g/mol. The third-order valence-corrected chi connectivity index (χ3v) is 12.4. The summed E-state index contributed by atoms with van der Waals surface area (Å²) >= 11 is 0. The summed E-state index contributed by atoms with van der Waals surface area (Å²) in [6.07, 6.45) is 0.906. The molecule has 5 amide bonds. The van der Waals surface area contributed by atoms with Gasteiger partial charge >= 0.3 is 11.9 Å². The molecule has 11 atom stereocenters. The minimum absolute atomic E-state index is 0.0791. The van der Waals surface area contributed by atoms with Crippen molar-refractivity contribution < 1.29 is 48.1 Å². The quantitative estimate of drug-likeness (QED) is 0.322. The first-order valence-corrected chi connectivity index (χ1v) is 21.8. The standard InChI is InChI=1S/C46H73N5O10/c1-14-27(4)37-24-31(8)36(52)23-22-30(7)45(58)61-40(29(6)16-3)41(54)47-32(9)42(55)51(13)35(25-34-20-18-17-19-21-34)43(56)49(11)26-38(53)48-39(28(5)15-2)44(57)50(12)33(10)46(59)60-37/h17-22,27-29,31-33,35-37,39-40,52H,14-16,23-26H2,1-13H3,(H,47,54)(H,48,53)/b30-22+/t27-,28-,29-,31+,32-,33-,35-,36-,37+,39-,40+/m0/s1. The second-order valence-corrected chi connectivity index (χ2v) is 17.1. The molecule has 0 spiro atoms. The van der Waals surface area contributed by atoms with Gasteiger partial charge in [0.05, 0.1) is 12.6 Å². The number of nitrogens with zero attached hydrogens (tertiary/aromatic N) is 3. The first-order chi connectivity index (χ1) is 28.6. The van der Waals surface area contributed by atoms with E-state index >= 15 is 0 Å². The van der Waals surface area contributed by atoms with E-state index in [1.54, 1.807) is 39.0 Å². The molecular weight excluding hydrogens is 783 g/mol. The highest BCUT2D eigenvalue weighted by molar-refractivity contribution is 5.96. The first-order valence-electron chi connectivity index (χ1n) is 21.8. The largest absolute Gasteiger partial charge is 0.461 e. The predicted molar refractivity (Wildman–Crippen MR) is 232 cm³/mol. The Hall–Kier alpha value is -4.79. The average molecular weight is 856 g/mol. The van der Waals surface area contributed by atoms with Crippen molar-refractivity contribution in [3.63, 3.8) is 0 Å². The number of ether oxygens (including phenoxy) is 2. The van der Waals surface area contributed by atoms with E-state index < -0.39 is 96.4 Å². The van der Waals surface area contributed by atoms with E-state index in [-0.39, 0.29) is 36.2 Å². The molecule has 2 rings (SSSR count). The van der Waals surface area contributed by atoms with Crippen LogP contribution in [0.3, 0.4) is 0 Å². The Morgan fingerprint density at radius 3 is 1.93 bits per heavy atom. The summed E-state index contributed by atoms with van der Waals surface area (Å²) in [7, 11) is 4.35. The molecule has 1 aliphatic rings. The van der Waals surface area contributed by atoms with Gasteiger partial charge in [-0.15, -0.1) is 0 Å². The number of esters is 2. The van der Waals surface area contributed by atoms with Crippen molar-refractivity contribution in [3.05, 3.63) is 47.5 Å². The Kier molecular flexibility index (Phi) is 21.1. The van der Waals surface area contributed by atoms with Crippen molar-refractivity contribution >= 4 is 41.5 Å². The normalized spacial score (nSPS) is 29.3. The van der Waals surface area contributed by atoms with Crippen molar-refractivity contribution in [1.29, 1.82) is 0 Å². The number of carbonyl (C=O) groups is 7. The molecule has 0 saturated heterocycles. The van der Waals surface area contributed by atoms with Crippen molar-refractivity contribution in [1.82, 2.24) is 25.3 Å². The molecule has 0 fully saturated rings. The Labute approximate surface area is 363 Å². The lowest BCUT2D eigenvalue weighted by molar-refractivity contribution is -0.162. The molecule has 0 radical (unpaired) electrons. The number of hydrogen-bond donors (Lipinski definition) is 3. The lowest BCUT2D eigenvalue weighted by Gasteiger charge is -2.34. The molecule has 61 heavy (non-hydrogen) atoms. The Morgan fingerprint density at radius 1 is 0.770 bits per heavy atom. The van der Waals surface area contributed by atoms with Crippen molar-refractivity contribution in [2.75, 3.05) is 27.7 Å². The van der Waals surface area contributed by atoms with Crippen molar-refractivity contribution in [3.8, 4) is 0 Å². The lowest BCUT2D eigenvalue weighted by atomic mass is 9.88. The summed E-state index contributed by atoms with van der Waals surface area (Å²) in [6, 6.07) is 4.73. The molecule has 0 saturated carbocycles. The van der Waals surface area contributed by atoms with Gasteiger partial charge in [-0.2, -0.15) is 0 Å². The molecule has 1 aliphatic heterocycles. The number of benzene rings is 1. The van der Waals surface area contributed by atoms with E-state index in [1.165, 1.54) is 49.7 Å². The summed E-state index contributed by atoms with van der Waals surface area (Å²) in [5, 5.41) is 16.7. The van der Waals surface area contributed by atoms with Gasteiger partial charge in [0.1, 0.15) is 30.3 Å². The van der Waals surface area contributed by atoms with Crippen LogP contribution < -0.4 is 10.6 Å². The maximum Gasteiger partial charge on any atom is 0.334 e. The highest BCUT2D eigenvalue weighted by atomic mass is 16.6. The molecule has 1 heterocycles. The smallest absolute Gasteiger partial charge is 0.334 e. The second kappa shape index (κ2) is 24.6. The number of amides is 5. The highest BCUT2D eigenvalue weighted by Gasteiger charge is 2.38. The number of carbonyl (C=O) groups excluding carboxylic acids is 7. The van der Waals surface area contributed by atoms with Crippen LogP contribution in [0.4, 0.5) is 0 Å². The van der Waals surface area contributed by atoms with Gasteiger partial charge < -0.3 is 39.9 Å². The molecule has 15 nitrogen and oxygen atoms in total. The van der Waals surface area contributed by atoms with E-state index in [1.807, 2.05) is 52.8 Å². The van der Waals surface area contributed by atoms with Crippen molar-refractivity contribution in [2.45, 2.75) is 150 Å². The van der Waals surface area contributed by atoms with Crippen molar-refractivity contribution in [2.24, 2.45) is 23.7 Å². The SMILES string of the molecule is CC[C@H](C)[C@@H]1NC(=O)CN(C)C(=O)[C@H](Cc2ccccc2)N(C)C(=O)[C@H](C)NC(=O)[C@@H]([C@@H](C)CC)OC(=O)/C(C)=C/C[C@H](O)[C@H](C)C[C@H]([C@@H](C)CC)OC(=O)[C@H](C)N(C)C1=O. The van der Waals surface area contributed by atoms with Crippen LogP contribution in [0.25, 0.3) is 0 Å². The minimum atomic E-state index is -1.25. The molecular formula is C46H73N5O10. The lowest BCUT2D eigenvalue weighted by Crippen LogP contribution is -2.58. The van der Waals surface area contributed by atoms with E-state index in [2.05, 4.69) is 10.6 Å². The molecule has 0 aliphatic carbocycles. The molecule has 0 unspecified atom stereocenters. The zero-order valence-electron chi connectivity index (χ0n) is 38.7. The maximum atomic E-state index is 14.2. The highest BCUT2D eigenvalue weighted by Crippen LogP contribution is 2.25. The molecule has 3 N–H and O–H groups in total. The fraction of sp³-hybridized carbons (Fsp3) is 0.674. The number of likely N-dealkylation sites (N-methyl/N-ethyl adjacent to an activating group) is 3. The summed E-state index contributed by atoms with van der Waals surface area (Å²) in [5.41, 5.74) is 0.920. The maximum absolute atomic E-state index is 14.2. The van der Waals surface area contributed by atoms with Crippen LogP contribution in [0.1, 0.15) is 107 Å². The number of hydrogen-bond acceptors (Lipinski definition) is 10. The number of cyclic esters (lactones) is 2. The van der Waals surface area contributed by atoms with Crippen LogP contribution in [0.2, 0.25) is 0 Å². The second-order valence-electron chi connectivity index (χ2n) is 17.1. The van der Waals surface area contributed by atoms with Gasteiger partial charge in [-0.05, 0) is 63.4 Å². The molecule has 15 heteroatoms. The van der Waals surface area contributed by atoms with Gasteiger partial charge in [0, 0.05) is 39.1 Å². The molecule has 1 aromatic rings. The minimum Gasteiger partial charge on any atom is -0.461 e. The van der Waals surface area contributed by atoms with Crippen LogP contribution in [-0.2, 0) is 49.5 Å². The van der Waals surface area contributed by atoms with E-state index in [9.17, 15) is 38.7 Å². The topological polar surface area (TPSA) is 192 Å². The summed E-state index contributed by atoms with van der Waals surface area (Å²) in [4.78, 5) is 100. The fourth-order valence-electron chi connectivity index (χ4n) is 6.96. The van der Waals surface area contributed by atoms with Crippen LogP contribution in [-0.4, -0.2) is 131 Å². The predicted octanol–water partition coefficient (Wildman–Crippen LogP) is 4.05. The van der Waals surface area contributed by atoms with Gasteiger partial charge in [-0.3, -0.25) is 24.0 Å². The summed E-state index contributed by atoms with van der Waals surface area (Å²) in [5.74, 6) is -5.62. The first kappa shape index (κ1) is 52.3. The zero-order valence-corrected chi connectivity index (χ0v) is 38.7. The van der Waals surface area contributed by atoms with E-state index in [4.69, 9.17) is 9.47 Å². The summed E-state index contributed by atoms with van der Waals surface area (Å²) in [6.45, 7) is 17.1. The Bertz CT molecular complexity index is 1690. The van der Waals surface area contributed by atoms with Crippen LogP contribution in [0.15, 0.2) is 42.0 Å². The van der Waals surface area contributed by atoms with Gasteiger partial charge in [0.2, 0.25) is 23.6 Å².